The van der Waals surface area contributed by atoms with Crippen molar-refractivity contribution < 1.29 is 14.5 Å². The Morgan fingerprint density at radius 3 is 2.93 bits per heavy atom. The fraction of sp³-hybridized carbons (Fsp3) is 0.429. The molecule has 1 aliphatic heterocycles. The maximum absolute atomic E-state index is 12.6. The van der Waals surface area contributed by atoms with Crippen molar-refractivity contribution in [2.75, 3.05) is 6.54 Å². The third-order valence-corrected chi connectivity index (χ3v) is 5.83. The number of nitro groups is 1. The predicted molar refractivity (Wildman–Crippen MR) is 107 cm³/mol. The minimum Gasteiger partial charge on any atom is -0.351 e. The third kappa shape index (κ3) is 3.68. The van der Waals surface area contributed by atoms with Gasteiger partial charge in [0, 0.05) is 48.3 Å². The summed E-state index contributed by atoms with van der Waals surface area (Å²) in [7, 11) is 0. The molecule has 4 rings (SSSR count). The molecule has 0 bridgehead atoms. The Morgan fingerprint density at radius 2 is 2.17 bits per heavy atom. The number of nitrogens with zero attached hydrogens (tertiary/aromatic N) is 2. The van der Waals surface area contributed by atoms with Gasteiger partial charge in [0.1, 0.15) is 5.69 Å². The zero-order valence-corrected chi connectivity index (χ0v) is 15.9. The molecule has 0 unspecified atom stereocenters. The lowest BCUT2D eigenvalue weighted by Crippen LogP contribution is -2.38. The first-order valence-electron chi connectivity index (χ1n) is 9.80. The van der Waals surface area contributed by atoms with Crippen molar-refractivity contribution in [3.05, 3.63) is 40.1 Å². The number of piperidine rings is 1. The molecule has 2 aliphatic rings. The van der Waals surface area contributed by atoms with Crippen LogP contribution in [0.2, 0.25) is 0 Å². The monoisotopic (exact) mass is 394 g/mol. The number of hydrogen-bond donors (Lipinski definition) is 2. The van der Waals surface area contributed by atoms with Crippen LogP contribution in [0, 0.1) is 28.4 Å². The van der Waals surface area contributed by atoms with E-state index in [1.165, 1.54) is 12.1 Å². The molecule has 29 heavy (non-hydrogen) atoms. The van der Waals surface area contributed by atoms with Gasteiger partial charge in [-0.3, -0.25) is 19.7 Å². The molecule has 1 aromatic heterocycles. The van der Waals surface area contributed by atoms with Crippen molar-refractivity contribution in [2.24, 2.45) is 5.92 Å². The largest absolute Gasteiger partial charge is 0.351 e. The van der Waals surface area contributed by atoms with E-state index in [1.54, 1.807) is 12.1 Å². The van der Waals surface area contributed by atoms with E-state index in [-0.39, 0.29) is 29.6 Å². The molecular formula is C21H22N4O4. The topological polar surface area (TPSA) is 108 Å². The van der Waals surface area contributed by atoms with Crippen molar-refractivity contribution in [1.82, 2.24) is 15.2 Å². The number of aromatic nitrogens is 1. The standard InChI is InChI=1S/C21H22N4O4/c1-2-3-4-5-6-18(26)24-10-9-15-19(20(15)24)23-21(27)17-12-13-11-14(25(28)29)7-8-16(13)22-17/h1,7-8,11-12,15,19-20,22H,3-6,9-10H2,(H,23,27)/t15-,19-,20-/m1/s1. The number of carbonyl (C=O) groups is 2. The predicted octanol–water partition coefficient (Wildman–Crippen LogP) is 2.60. The average Bonchev–Trinajstić information content (AvgIpc) is 3.08. The minimum absolute atomic E-state index is 0.0171. The second-order valence-corrected chi connectivity index (χ2v) is 7.65. The van der Waals surface area contributed by atoms with Gasteiger partial charge in [0.2, 0.25) is 5.91 Å². The normalized spacial score (nSPS) is 22.2. The van der Waals surface area contributed by atoms with Gasteiger partial charge < -0.3 is 15.2 Å². The molecule has 2 aromatic rings. The molecule has 1 aliphatic carbocycles. The molecule has 2 amide bonds. The van der Waals surface area contributed by atoms with Crippen LogP contribution >= 0.6 is 0 Å². The zero-order valence-electron chi connectivity index (χ0n) is 15.9. The van der Waals surface area contributed by atoms with Crippen LogP contribution in [0.3, 0.4) is 0 Å². The van der Waals surface area contributed by atoms with Crippen LogP contribution in [0.1, 0.15) is 42.6 Å². The van der Waals surface area contributed by atoms with Crippen molar-refractivity contribution in [3.8, 4) is 12.3 Å². The van der Waals surface area contributed by atoms with Crippen LogP contribution in [0.25, 0.3) is 10.9 Å². The molecule has 8 nitrogen and oxygen atoms in total. The number of nitrogens with one attached hydrogen (secondary N) is 2. The number of fused-ring (bicyclic) bond motifs is 2. The van der Waals surface area contributed by atoms with E-state index in [2.05, 4.69) is 16.2 Å². The second-order valence-electron chi connectivity index (χ2n) is 7.65. The van der Waals surface area contributed by atoms with Gasteiger partial charge in [-0.05, 0) is 31.4 Å². The first-order chi connectivity index (χ1) is 14.0. The lowest BCUT2D eigenvalue weighted by molar-refractivity contribution is -0.384. The van der Waals surface area contributed by atoms with Gasteiger partial charge in [0.15, 0.2) is 0 Å². The Labute approximate surface area is 167 Å². The lowest BCUT2D eigenvalue weighted by atomic mass is 10.2. The molecule has 2 fully saturated rings. The summed E-state index contributed by atoms with van der Waals surface area (Å²) in [5.74, 6) is 2.76. The molecule has 150 valence electrons. The lowest BCUT2D eigenvalue weighted by Gasteiger charge is -2.20. The molecule has 1 saturated heterocycles. The summed E-state index contributed by atoms with van der Waals surface area (Å²) in [5.41, 5.74) is 1.01. The number of carbonyl (C=O) groups excluding carboxylic acids is 2. The molecule has 0 spiro atoms. The Hall–Kier alpha value is -3.34. The number of amides is 2. The van der Waals surface area contributed by atoms with Crippen molar-refractivity contribution in [1.29, 1.82) is 0 Å². The number of H-pyrrole nitrogens is 1. The van der Waals surface area contributed by atoms with Gasteiger partial charge in [0.05, 0.1) is 17.0 Å². The Morgan fingerprint density at radius 1 is 1.34 bits per heavy atom. The van der Waals surface area contributed by atoms with E-state index in [9.17, 15) is 19.7 Å². The van der Waals surface area contributed by atoms with Crippen LogP contribution in [-0.4, -0.2) is 45.2 Å². The number of unbranched alkanes of at least 4 members (excludes halogenated alkanes) is 2. The van der Waals surface area contributed by atoms with Gasteiger partial charge in [-0.2, -0.15) is 0 Å². The van der Waals surface area contributed by atoms with Crippen LogP contribution in [-0.2, 0) is 4.79 Å². The summed E-state index contributed by atoms with van der Waals surface area (Å²) in [6, 6.07) is 6.09. The first kappa shape index (κ1) is 19.0. The third-order valence-electron chi connectivity index (χ3n) is 5.83. The molecular weight excluding hydrogens is 372 g/mol. The van der Waals surface area contributed by atoms with E-state index in [0.29, 0.717) is 35.4 Å². The van der Waals surface area contributed by atoms with E-state index < -0.39 is 4.92 Å². The van der Waals surface area contributed by atoms with Gasteiger partial charge in [0.25, 0.3) is 11.6 Å². The quantitative estimate of drug-likeness (QED) is 0.326. The summed E-state index contributed by atoms with van der Waals surface area (Å²) in [4.78, 5) is 40.4. The summed E-state index contributed by atoms with van der Waals surface area (Å²) >= 11 is 0. The fourth-order valence-corrected chi connectivity index (χ4v) is 4.28. The summed E-state index contributed by atoms with van der Waals surface area (Å²) in [6.07, 6.45) is 8.95. The van der Waals surface area contributed by atoms with Crippen LogP contribution in [0.4, 0.5) is 5.69 Å². The number of rotatable bonds is 7. The zero-order chi connectivity index (χ0) is 20.5. The van der Waals surface area contributed by atoms with Crippen molar-refractivity contribution in [3.63, 3.8) is 0 Å². The van der Waals surface area contributed by atoms with Gasteiger partial charge in [-0.1, -0.05) is 0 Å². The number of aromatic amines is 1. The highest BCUT2D eigenvalue weighted by atomic mass is 16.6. The number of terminal acetylenes is 1. The molecule has 1 saturated carbocycles. The molecule has 0 radical (unpaired) electrons. The Bertz CT molecular complexity index is 1020. The average molecular weight is 394 g/mol. The number of likely N-dealkylation sites (tertiary alicyclic amines) is 1. The maximum atomic E-state index is 12.6. The first-order valence-corrected chi connectivity index (χ1v) is 9.80. The molecule has 8 heteroatoms. The number of nitro benzene ring substituents is 1. The van der Waals surface area contributed by atoms with E-state index >= 15 is 0 Å². The Balaban J connectivity index is 1.36. The Kier molecular flexibility index (Phi) is 4.97. The highest BCUT2D eigenvalue weighted by molar-refractivity contribution is 5.98. The molecule has 1 aromatic carbocycles. The van der Waals surface area contributed by atoms with Gasteiger partial charge >= 0.3 is 0 Å². The van der Waals surface area contributed by atoms with Gasteiger partial charge in [-0.15, -0.1) is 12.3 Å². The van der Waals surface area contributed by atoms with Crippen LogP contribution in [0.15, 0.2) is 24.3 Å². The maximum Gasteiger partial charge on any atom is 0.270 e. The SMILES string of the molecule is C#CCCCCC(=O)N1CC[C@@H]2[C@@H](NC(=O)c3cc4cc([N+](=O)[O-])ccc4[nH]3)[C@@H]21. The minimum atomic E-state index is -0.463. The van der Waals surface area contributed by atoms with Crippen LogP contribution in [0.5, 0.6) is 0 Å². The van der Waals surface area contributed by atoms with E-state index in [4.69, 9.17) is 6.42 Å². The van der Waals surface area contributed by atoms with E-state index in [0.717, 1.165) is 25.8 Å². The van der Waals surface area contributed by atoms with Crippen molar-refractivity contribution in [2.45, 2.75) is 44.2 Å². The molecule has 2 heterocycles. The number of non-ortho nitro benzene ring substituents is 1. The molecule has 2 N–H and O–H groups in total. The summed E-state index contributed by atoms with van der Waals surface area (Å²) in [6.45, 7) is 0.742. The number of benzene rings is 1. The summed E-state index contributed by atoms with van der Waals surface area (Å²) in [5, 5.41) is 14.5. The summed E-state index contributed by atoms with van der Waals surface area (Å²) < 4.78 is 0. The van der Waals surface area contributed by atoms with Gasteiger partial charge in [-0.25, -0.2) is 0 Å². The highest BCUT2D eigenvalue weighted by Gasteiger charge is 2.59. The number of hydrogen-bond acceptors (Lipinski definition) is 4. The smallest absolute Gasteiger partial charge is 0.270 e. The second kappa shape index (κ2) is 7.59. The fourth-order valence-electron chi connectivity index (χ4n) is 4.28. The van der Waals surface area contributed by atoms with Crippen molar-refractivity contribution >= 4 is 28.4 Å². The van der Waals surface area contributed by atoms with Crippen LogP contribution < -0.4 is 5.32 Å². The molecule has 3 atom stereocenters. The highest BCUT2D eigenvalue weighted by Crippen LogP contribution is 2.45. The van der Waals surface area contributed by atoms with E-state index in [1.807, 2.05) is 4.90 Å².